The summed E-state index contributed by atoms with van der Waals surface area (Å²) >= 11 is 0. The largest absolute Gasteiger partial charge is 0.452 e. The summed E-state index contributed by atoms with van der Waals surface area (Å²) in [5.74, 6) is -4.29. The zero-order valence-electron chi connectivity index (χ0n) is 12.7. The summed E-state index contributed by atoms with van der Waals surface area (Å²) in [6.07, 6.45) is 0.246. The summed E-state index contributed by atoms with van der Waals surface area (Å²) in [4.78, 5) is 21.8. The Kier molecular flexibility index (Phi) is 6.98. The van der Waals surface area contributed by atoms with E-state index in [2.05, 4.69) is 11.9 Å². The van der Waals surface area contributed by atoms with E-state index in [1.54, 1.807) is 4.72 Å². The van der Waals surface area contributed by atoms with Crippen molar-refractivity contribution in [1.82, 2.24) is 10.0 Å². The summed E-state index contributed by atoms with van der Waals surface area (Å²) in [5.41, 5.74) is 0. The first-order valence-electron chi connectivity index (χ1n) is 6.70. The van der Waals surface area contributed by atoms with Crippen LogP contribution in [0, 0.1) is 11.6 Å². The van der Waals surface area contributed by atoms with Gasteiger partial charge in [-0.2, -0.15) is 4.72 Å². The Morgan fingerprint density at radius 3 is 2.46 bits per heavy atom. The van der Waals surface area contributed by atoms with Crippen LogP contribution in [-0.2, 0) is 24.3 Å². The predicted molar refractivity (Wildman–Crippen MR) is 80.3 cm³/mol. The van der Waals surface area contributed by atoms with Gasteiger partial charge in [-0.1, -0.05) is 12.1 Å². The number of nitrogens with one attached hydrogen (secondary N) is 2. The Hall–Kier alpha value is -2.33. The fourth-order valence-corrected chi connectivity index (χ4v) is 2.68. The van der Waals surface area contributed by atoms with E-state index in [0.29, 0.717) is 0 Å². The van der Waals surface area contributed by atoms with Crippen molar-refractivity contribution in [2.24, 2.45) is 0 Å². The van der Waals surface area contributed by atoms with Gasteiger partial charge in [-0.15, -0.1) is 6.58 Å². The van der Waals surface area contributed by atoms with Gasteiger partial charge in [0.05, 0.1) is 0 Å². The molecule has 0 heterocycles. The van der Waals surface area contributed by atoms with Crippen LogP contribution in [-0.4, -0.2) is 39.5 Å². The third-order valence-corrected chi connectivity index (χ3v) is 4.14. The van der Waals surface area contributed by atoms with Crippen LogP contribution in [0.1, 0.15) is 6.92 Å². The summed E-state index contributed by atoms with van der Waals surface area (Å²) < 4.78 is 57.1. The molecule has 24 heavy (non-hydrogen) atoms. The molecule has 0 bridgehead atoms. The van der Waals surface area contributed by atoms with Crippen LogP contribution in [0.25, 0.3) is 0 Å². The van der Waals surface area contributed by atoms with Gasteiger partial charge in [-0.3, -0.25) is 9.59 Å². The second kappa shape index (κ2) is 8.50. The van der Waals surface area contributed by atoms with Gasteiger partial charge in [0.2, 0.25) is 10.0 Å². The van der Waals surface area contributed by atoms with Crippen molar-refractivity contribution in [2.45, 2.75) is 17.9 Å². The first-order valence-corrected chi connectivity index (χ1v) is 8.19. The maximum Gasteiger partial charge on any atom is 0.321 e. The van der Waals surface area contributed by atoms with Crippen LogP contribution in [0.5, 0.6) is 0 Å². The highest BCUT2D eigenvalue weighted by Crippen LogP contribution is 2.17. The van der Waals surface area contributed by atoms with E-state index in [4.69, 9.17) is 4.74 Å². The van der Waals surface area contributed by atoms with Crippen molar-refractivity contribution >= 4 is 21.9 Å². The molecule has 0 spiro atoms. The average molecular weight is 362 g/mol. The molecule has 1 atom stereocenters. The summed E-state index contributed by atoms with van der Waals surface area (Å²) in [6, 6.07) is 2.53. The number of hydrogen-bond donors (Lipinski definition) is 2. The third kappa shape index (κ3) is 5.39. The Balaban J connectivity index is 2.66. The van der Waals surface area contributed by atoms with E-state index < -0.39 is 51.1 Å². The van der Waals surface area contributed by atoms with Gasteiger partial charge < -0.3 is 10.1 Å². The van der Waals surface area contributed by atoms with Crippen molar-refractivity contribution in [3.63, 3.8) is 0 Å². The molecule has 0 fully saturated rings. The highest BCUT2D eigenvalue weighted by molar-refractivity contribution is 7.89. The summed E-state index contributed by atoms with van der Waals surface area (Å²) in [7, 11) is -4.60. The normalized spacial score (nSPS) is 12.3. The maximum absolute atomic E-state index is 13.5. The van der Waals surface area contributed by atoms with Gasteiger partial charge in [0.1, 0.15) is 18.2 Å². The molecule has 0 aliphatic carbocycles. The Morgan fingerprint density at radius 1 is 1.33 bits per heavy atom. The molecule has 0 aliphatic heterocycles. The van der Waals surface area contributed by atoms with Crippen molar-refractivity contribution in [1.29, 1.82) is 0 Å². The number of sulfonamides is 1. The zero-order valence-corrected chi connectivity index (χ0v) is 13.5. The number of carbonyl (C=O) groups excluding carboxylic acids is 2. The van der Waals surface area contributed by atoms with Crippen molar-refractivity contribution in [3.8, 4) is 0 Å². The lowest BCUT2D eigenvalue weighted by Gasteiger charge is -2.13. The quantitative estimate of drug-likeness (QED) is 0.517. The lowest BCUT2D eigenvalue weighted by molar-refractivity contribution is -0.153. The topological polar surface area (TPSA) is 102 Å². The standard InChI is InChI=1S/C14H16F2N2O5S/c1-3-7-17-14(20)9(2)23-12(19)8-18-24(21,22)13-10(15)5-4-6-11(13)16/h3-6,9,18H,1,7-8H2,2H3,(H,17,20)/t9-/m1/s1. The van der Waals surface area contributed by atoms with E-state index in [-0.39, 0.29) is 6.54 Å². The molecule has 0 aromatic heterocycles. The number of rotatable bonds is 8. The number of amides is 1. The fraction of sp³-hybridized carbons (Fsp3) is 0.286. The Morgan fingerprint density at radius 2 is 1.92 bits per heavy atom. The van der Waals surface area contributed by atoms with Crippen LogP contribution in [0.15, 0.2) is 35.7 Å². The van der Waals surface area contributed by atoms with Gasteiger partial charge in [0.15, 0.2) is 11.0 Å². The van der Waals surface area contributed by atoms with Crippen LogP contribution in [0.2, 0.25) is 0 Å². The molecule has 1 aromatic rings. The molecule has 2 N–H and O–H groups in total. The molecule has 1 aromatic carbocycles. The molecule has 0 aliphatic rings. The molecular weight excluding hydrogens is 346 g/mol. The Labute approximate surface area is 137 Å². The van der Waals surface area contributed by atoms with Gasteiger partial charge in [0.25, 0.3) is 5.91 Å². The highest BCUT2D eigenvalue weighted by atomic mass is 32.2. The van der Waals surface area contributed by atoms with Gasteiger partial charge in [0, 0.05) is 6.54 Å². The molecule has 132 valence electrons. The van der Waals surface area contributed by atoms with Gasteiger partial charge in [-0.25, -0.2) is 17.2 Å². The molecular formula is C14H16F2N2O5S. The lowest BCUT2D eigenvalue weighted by Crippen LogP contribution is -2.39. The van der Waals surface area contributed by atoms with E-state index in [1.165, 1.54) is 13.0 Å². The first kappa shape index (κ1) is 19.7. The number of benzene rings is 1. The minimum Gasteiger partial charge on any atom is -0.452 e. The zero-order chi connectivity index (χ0) is 18.3. The van der Waals surface area contributed by atoms with Gasteiger partial charge in [-0.05, 0) is 19.1 Å². The molecule has 0 saturated heterocycles. The second-order valence-corrected chi connectivity index (χ2v) is 6.25. The summed E-state index contributed by atoms with van der Waals surface area (Å²) in [6.45, 7) is 3.94. The van der Waals surface area contributed by atoms with Gasteiger partial charge >= 0.3 is 5.97 Å². The maximum atomic E-state index is 13.5. The molecule has 1 amide bonds. The molecule has 0 radical (unpaired) electrons. The predicted octanol–water partition coefficient (Wildman–Crippen LogP) is 0.477. The summed E-state index contributed by atoms with van der Waals surface area (Å²) in [5, 5.41) is 2.38. The van der Waals surface area contributed by atoms with Crippen molar-refractivity contribution < 1.29 is 31.5 Å². The number of halogens is 2. The minimum atomic E-state index is -4.60. The van der Waals surface area contributed by atoms with Crippen LogP contribution in [0.4, 0.5) is 8.78 Å². The van der Waals surface area contributed by atoms with Crippen LogP contribution < -0.4 is 10.0 Å². The van der Waals surface area contributed by atoms with Crippen molar-refractivity contribution in [3.05, 3.63) is 42.5 Å². The highest BCUT2D eigenvalue weighted by Gasteiger charge is 2.25. The monoisotopic (exact) mass is 362 g/mol. The van der Waals surface area contributed by atoms with Crippen LogP contribution >= 0.6 is 0 Å². The lowest BCUT2D eigenvalue weighted by atomic mass is 10.3. The fourth-order valence-electron chi connectivity index (χ4n) is 1.57. The van der Waals surface area contributed by atoms with Crippen molar-refractivity contribution in [2.75, 3.05) is 13.1 Å². The number of carbonyl (C=O) groups is 2. The van der Waals surface area contributed by atoms with E-state index in [1.807, 2.05) is 0 Å². The third-order valence-electron chi connectivity index (χ3n) is 2.69. The minimum absolute atomic E-state index is 0.167. The number of esters is 1. The molecule has 10 heteroatoms. The molecule has 0 saturated carbocycles. The average Bonchev–Trinajstić information content (AvgIpc) is 2.50. The van der Waals surface area contributed by atoms with E-state index >= 15 is 0 Å². The van der Waals surface area contributed by atoms with E-state index in [0.717, 1.165) is 18.2 Å². The Bertz CT molecular complexity index is 716. The molecule has 7 nitrogen and oxygen atoms in total. The first-order chi connectivity index (χ1) is 11.2. The van der Waals surface area contributed by atoms with Crippen LogP contribution in [0.3, 0.4) is 0 Å². The molecule has 0 unspecified atom stereocenters. The van der Waals surface area contributed by atoms with E-state index in [9.17, 15) is 26.8 Å². The SMILES string of the molecule is C=CCNC(=O)[C@@H](C)OC(=O)CNS(=O)(=O)c1c(F)cccc1F. The second-order valence-electron chi connectivity index (χ2n) is 4.54. The smallest absolute Gasteiger partial charge is 0.321 e. The number of hydrogen-bond acceptors (Lipinski definition) is 5. The molecule has 1 rings (SSSR count). The number of ether oxygens (including phenoxy) is 1.